The van der Waals surface area contributed by atoms with Crippen molar-refractivity contribution >= 4 is 45.6 Å². The van der Waals surface area contributed by atoms with Gasteiger partial charge in [-0.3, -0.25) is 4.98 Å². The Bertz CT molecular complexity index is 1400. The third-order valence-corrected chi connectivity index (χ3v) is 9.11. The second-order valence-electron chi connectivity index (χ2n) is 8.35. The second-order valence-corrected chi connectivity index (χ2v) is 10.8. The van der Waals surface area contributed by atoms with E-state index in [4.69, 9.17) is 16.2 Å². The largest absolute Gasteiger partial charge is 0.467 e. The Kier molecular flexibility index (Phi) is 5.54. The molecule has 0 bridgehead atoms. The first-order valence-corrected chi connectivity index (χ1v) is 12.5. The zero-order chi connectivity index (χ0) is 24.9. The van der Waals surface area contributed by atoms with Gasteiger partial charge in [-0.2, -0.15) is 20.5 Å². The molecular weight excluding hydrogens is 484 g/mol. The van der Waals surface area contributed by atoms with Crippen molar-refractivity contribution in [3.63, 3.8) is 0 Å². The van der Waals surface area contributed by atoms with Gasteiger partial charge in [0, 0.05) is 48.7 Å². The highest BCUT2D eigenvalue weighted by Gasteiger charge is 2.53. The maximum Gasteiger partial charge on any atom is 0.320 e. The maximum absolute atomic E-state index is 10.1. The smallest absolute Gasteiger partial charge is 0.320 e. The predicted molar refractivity (Wildman–Crippen MR) is 135 cm³/mol. The molecule has 1 unspecified atom stereocenters. The molecule has 0 radical (unpaired) electrons. The lowest BCUT2D eigenvalue weighted by atomic mass is 9.88. The number of aromatic nitrogens is 4. The molecule has 3 aromatic heterocycles. The Morgan fingerprint density at radius 1 is 1.17 bits per heavy atom. The number of nitrogens with two attached hydrogens (primary N) is 2. The van der Waals surface area contributed by atoms with Crippen LogP contribution in [0.15, 0.2) is 12.4 Å². The molecule has 2 aliphatic rings. The van der Waals surface area contributed by atoms with Gasteiger partial charge < -0.3 is 26.0 Å². The lowest BCUT2D eigenvalue weighted by Crippen LogP contribution is -2.57. The number of methoxy groups -OCH3 is 1. The van der Waals surface area contributed by atoms with Crippen LogP contribution >= 0.6 is 23.1 Å². The van der Waals surface area contributed by atoms with Gasteiger partial charge in [0.25, 0.3) is 0 Å². The van der Waals surface area contributed by atoms with Gasteiger partial charge in [-0.25, -0.2) is 4.98 Å². The van der Waals surface area contributed by atoms with Crippen LogP contribution in [0.5, 0.6) is 6.01 Å². The Morgan fingerprint density at radius 2 is 1.89 bits per heavy atom. The molecule has 1 saturated heterocycles. The highest BCUT2D eigenvalue weighted by molar-refractivity contribution is 8.00. The summed E-state index contributed by atoms with van der Waals surface area (Å²) in [6, 6.07) is 4.40. The van der Waals surface area contributed by atoms with Crippen molar-refractivity contribution in [1.82, 2.24) is 19.9 Å². The summed E-state index contributed by atoms with van der Waals surface area (Å²) in [7, 11) is 3.30. The van der Waals surface area contributed by atoms with Crippen LogP contribution < -0.4 is 26.0 Å². The molecule has 35 heavy (non-hydrogen) atoms. The summed E-state index contributed by atoms with van der Waals surface area (Å²) in [6.07, 6.45) is 3.11. The van der Waals surface area contributed by atoms with Crippen LogP contribution in [0.3, 0.4) is 0 Å². The first-order chi connectivity index (χ1) is 16.8. The number of rotatable bonds is 5. The van der Waals surface area contributed by atoms with Gasteiger partial charge in [0.1, 0.15) is 34.2 Å². The van der Waals surface area contributed by atoms with Crippen molar-refractivity contribution in [2.75, 3.05) is 48.5 Å². The van der Waals surface area contributed by atoms with Gasteiger partial charge in [0.15, 0.2) is 11.6 Å². The van der Waals surface area contributed by atoms with E-state index in [2.05, 4.69) is 32.1 Å². The molecule has 0 aliphatic carbocycles. The van der Waals surface area contributed by atoms with E-state index in [1.807, 2.05) is 23.8 Å². The number of nitriles is 2. The van der Waals surface area contributed by atoms with Crippen LogP contribution in [-0.4, -0.2) is 47.2 Å². The first-order valence-electron chi connectivity index (χ1n) is 10.7. The molecule has 4 N–H and O–H groups in total. The molecule has 2 aliphatic heterocycles. The van der Waals surface area contributed by atoms with Gasteiger partial charge >= 0.3 is 6.01 Å². The van der Waals surface area contributed by atoms with Crippen LogP contribution in [0.25, 0.3) is 0 Å². The number of hydrogen-bond acceptors (Lipinski definition) is 13. The molecule has 1 spiro atoms. The highest BCUT2D eigenvalue weighted by atomic mass is 32.2. The monoisotopic (exact) mass is 506 g/mol. The third kappa shape index (κ3) is 3.47. The number of hydrogen-bond donors (Lipinski definition) is 2. The highest BCUT2D eigenvalue weighted by Crippen LogP contribution is 2.58. The van der Waals surface area contributed by atoms with Crippen molar-refractivity contribution < 1.29 is 4.74 Å². The minimum Gasteiger partial charge on any atom is -0.467 e. The lowest BCUT2D eigenvalue weighted by Gasteiger charge is -2.48. The molecule has 178 valence electrons. The zero-order valence-corrected chi connectivity index (χ0v) is 20.9. The summed E-state index contributed by atoms with van der Waals surface area (Å²) < 4.78 is 5.14. The first kappa shape index (κ1) is 23.0. The average molecular weight is 507 g/mol. The minimum atomic E-state index is -0.314. The number of anilines is 4. The Hall–Kier alpha value is -3.81. The fourth-order valence-corrected chi connectivity index (χ4v) is 7.39. The van der Waals surface area contributed by atoms with Gasteiger partial charge in [-0.15, -0.1) is 23.1 Å². The number of nitrogen functional groups attached to an aromatic ring is 2. The van der Waals surface area contributed by atoms with E-state index >= 15 is 0 Å². The molecule has 1 atom stereocenters. The number of thiophene rings is 1. The Morgan fingerprint density at radius 3 is 2.54 bits per heavy atom. The van der Waals surface area contributed by atoms with Crippen LogP contribution in [0, 0.1) is 22.7 Å². The van der Waals surface area contributed by atoms with E-state index in [1.165, 1.54) is 24.6 Å². The number of thioether (sulfide) groups is 1. The van der Waals surface area contributed by atoms with E-state index in [9.17, 15) is 10.5 Å². The molecular formula is C22H22N10OS2. The van der Waals surface area contributed by atoms with Crippen LogP contribution in [0.4, 0.5) is 22.5 Å². The normalized spacial score (nSPS) is 16.2. The van der Waals surface area contributed by atoms with E-state index < -0.39 is 0 Å². The number of nitrogens with zero attached hydrogens (tertiary/aromatic N) is 8. The maximum atomic E-state index is 10.1. The van der Waals surface area contributed by atoms with Crippen molar-refractivity contribution in [2.24, 2.45) is 0 Å². The molecule has 0 saturated carbocycles. The second kappa shape index (κ2) is 8.45. The van der Waals surface area contributed by atoms with Crippen LogP contribution in [-0.2, 0) is 10.5 Å². The SMILES string of the molecule is COc1nc(N2CC3(C2)SCc2sc(N)c(C#N)c23)c(C#N)c(N(C)C(C)c2nccnc2N)n1. The number of ether oxygens (including phenoxy) is 1. The summed E-state index contributed by atoms with van der Waals surface area (Å²) in [6.45, 7) is 3.11. The molecule has 3 aromatic rings. The molecule has 1 fully saturated rings. The molecule has 5 rings (SSSR count). The molecule has 0 amide bonds. The van der Waals surface area contributed by atoms with Crippen LogP contribution in [0.2, 0.25) is 0 Å². The van der Waals surface area contributed by atoms with E-state index in [1.54, 1.807) is 18.0 Å². The molecule has 13 heteroatoms. The van der Waals surface area contributed by atoms with Gasteiger partial charge in [0.05, 0.1) is 23.5 Å². The van der Waals surface area contributed by atoms with Crippen molar-refractivity contribution in [1.29, 1.82) is 10.5 Å². The fraction of sp³-hybridized carbons (Fsp3) is 0.364. The van der Waals surface area contributed by atoms with Crippen LogP contribution in [0.1, 0.15) is 40.2 Å². The van der Waals surface area contributed by atoms with E-state index in [-0.39, 0.29) is 16.8 Å². The number of fused-ring (bicyclic) bond motifs is 2. The summed E-state index contributed by atoms with van der Waals surface area (Å²) in [5.74, 6) is 2.03. The quantitative estimate of drug-likeness (QED) is 0.519. The standard InChI is InChI=1S/C22H22N10OS2/c1-11(16-17(25)28-5-4-27-16)31(2)19-13(7-24)20(30-21(29-19)33-3)32-9-22(10-32)15-12(6-23)18(26)35-14(15)8-34-22/h4-5,11H,8-10,26H2,1-3H3,(H2,25,28). The summed E-state index contributed by atoms with van der Waals surface area (Å²) in [4.78, 5) is 22.5. The average Bonchev–Trinajstić information content (AvgIpc) is 3.36. The van der Waals surface area contributed by atoms with E-state index in [0.29, 0.717) is 52.4 Å². The Labute approximate surface area is 210 Å². The Balaban J connectivity index is 1.51. The van der Waals surface area contributed by atoms with Crippen molar-refractivity contribution in [3.05, 3.63) is 39.7 Å². The minimum absolute atomic E-state index is 0.151. The summed E-state index contributed by atoms with van der Waals surface area (Å²) >= 11 is 3.30. The topological polar surface area (TPSA) is 167 Å². The third-order valence-electron chi connectivity index (χ3n) is 6.46. The predicted octanol–water partition coefficient (Wildman–Crippen LogP) is 2.40. The van der Waals surface area contributed by atoms with E-state index in [0.717, 1.165) is 16.2 Å². The van der Waals surface area contributed by atoms with Gasteiger partial charge in [-0.1, -0.05) is 0 Å². The lowest BCUT2D eigenvalue weighted by molar-refractivity contribution is 0.377. The van der Waals surface area contributed by atoms with Crippen molar-refractivity contribution in [3.8, 4) is 18.1 Å². The molecule has 11 nitrogen and oxygen atoms in total. The zero-order valence-electron chi connectivity index (χ0n) is 19.3. The molecule has 0 aromatic carbocycles. The van der Waals surface area contributed by atoms with Crippen molar-refractivity contribution in [2.45, 2.75) is 23.5 Å². The van der Waals surface area contributed by atoms with Gasteiger partial charge in [0.2, 0.25) is 0 Å². The van der Waals surface area contributed by atoms with Gasteiger partial charge in [-0.05, 0) is 6.92 Å². The fourth-order valence-electron chi connectivity index (χ4n) is 4.58. The summed E-state index contributed by atoms with van der Waals surface area (Å²) in [5, 5.41) is 20.4. The molecule has 5 heterocycles. The summed E-state index contributed by atoms with van der Waals surface area (Å²) in [5.41, 5.74) is 14.7.